The minimum atomic E-state index is -0.955. The van der Waals surface area contributed by atoms with Gasteiger partial charge in [0.15, 0.2) is 0 Å². The predicted octanol–water partition coefficient (Wildman–Crippen LogP) is 3.65. The zero-order valence-electron chi connectivity index (χ0n) is 5.41. The van der Waals surface area contributed by atoms with Gasteiger partial charge in [0.2, 0.25) is 0 Å². The Morgan fingerprint density at radius 3 is 1.62 bits per heavy atom. The molecule has 0 heterocycles. The van der Waals surface area contributed by atoms with E-state index in [9.17, 15) is 0 Å². The van der Waals surface area contributed by atoms with Crippen LogP contribution in [0.5, 0.6) is 0 Å². The van der Waals surface area contributed by atoms with Crippen molar-refractivity contribution >= 4 is 37.2 Å². The predicted molar refractivity (Wildman–Crippen MR) is 46.8 cm³/mol. The second kappa shape index (κ2) is 3.41. The molecular weight excluding hydrogens is 178 g/mol. The maximum Gasteiger partial charge on any atom is 0.0827 e. The lowest BCUT2D eigenvalue weighted by atomic mass is 11.8. The summed E-state index contributed by atoms with van der Waals surface area (Å²) in [5.41, 5.74) is 0. The Morgan fingerprint density at radius 1 is 1.25 bits per heavy atom. The maximum absolute atomic E-state index is 5.63. The van der Waals surface area contributed by atoms with E-state index >= 15 is 0 Å². The highest BCUT2D eigenvalue weighted by molar-refractivity contribution is 8.05. The van der Waals surface area contributed by atoms with Gasteiger partial charge in [0.1, 0.15) is 0 Å². The second-order valence-electron chi connectivity index (χ2n) is 3.02. The van der Waals surface area contributed by atoms with Gasteiger partial charge in [-0.3, -0.25) is 0 Å². The van der Waals surface area contributed by atoms with Gasteiger partial charge in [0.25, 0.3) is 0 Å². The SMILES string of the molecule is C[Si](C)(C)CP(Cl)Cl. The third kappa shape index (κ3) is 7.23. The molecule has 0 bridgehead atoms. The normalized spacial score (nSPS) is 12.8. The van der Waals surface area contributed by atoms with E-state index in [1.54, 1.807) is 0 Å². The molecule has 50 valence electrons. The zero-order valence-corrected chi connectivity index (χ0v) is 8.82. The lowest BCUT2D eigenvalue weighted by molar-refractivity contribution is 1.67. The van der Waals surface area contributed by atoms with Gasteiger partial charge in [-0.15, -0.1) is 0 Å². The molecule has 0 aromatic rings. The molecule has 0 saturated heterocycles. The van der Waals surface area contributed by atoms with Crippen LogP contribution in [-0.4, -0.2) is 13.9 Å². The van der Waals surface area contributed by atoms with E-state index in [1.807, 2.05) is 0 Å². The molecule has 0 aromatic carbocycles. The molecule has 0 rings (SSSR count). The Morgan fingerprint density at radius 2 is 1.62 bits per heavy atom. The van der Waals surface area contributed by atoms with Gasteiger partial charge >= 0.3 is 0 Å². The maximum atomic E-state index is 5.63. The average Bonchev–Trinajstić information content (AvgIpc) is 1.21. The molecule has 0 aromatic heterocycles. The van der Waals surface area contributed by atoms with Crippen LogP contribution in [0.1, 0.15) is 0 Å². The smallest absolute Gasteiger partial charge is 0.0784 e. The molecule has 0 aliphatic rings. The van der Waals surface area contributed by atoms with Crippen molar-refractivity contribution in [1.82, 2.24) is 0 Å². The summed E-state index contributed by atoms with van der Waals surface area (Å²) in [5, 5.41) is 0. The van der Waals surface area contributed by atoms with Crippen LogP contribution < -0.4 is 0 Å². The summed E-state index contributed by atoms with van der Waals surface area (Å²) < 4.78 is 0. The minimum absolute atomic E-state index is 0.682. The van der Waals surface area contributed by atoms with Gasteiger partial charge in [-0.2, -0.15) is 0 Å². The Hall–Kier alpha value is 1.23. The summed E-state index contributed by atoms with van der Waals surface area (Å²) in [5.74, 6) is 1.06. The van der Waals surface area contributed by atoms with E-state index < -0.39 is 14.7 Å². The van der Waals surface area contributed by atoms with Crippen molar-refractivity contribution in [1.29, 1.82) is 0 Å². The molecule has 4 heteroatoms. The Labute approximate surface area is 62.9 Å². The fourth-order valence-corrected chi connectivity index (χ4v) is 9.68. The average molecular weight is 189 g/mol. The van der Waals surface area contributed by atoms with Gasteiger partial charge in [0, 0.05) is 0 Å². The first-order valence-electron chi connectivity index (χ1n) is 2.51. The Bertz CT molecular complexity index is 68.9. The van der Waals surface area contributed by atoms with Crippen LogP contribution in [0.15, 0.2) is 0 Å². The first-order chi connectivity index (χ1) is 3.42. The van der Waals surface area contributed by atoms with E-state index in [0.29, 0.717) is 0 Å². The van der Waals surface area contributed by atoms with Crippen molar-refractivity contribution in [3.8, 4) is 0 Å². The fraction of sp³-hybridized carbons (Fsp3) is 1.00. The number of rotatable bonds is 2. The van der Waals surface area contributed by atoms with Crippen LogP contribution in [0, 0.1) is 0 Å². The first kappa shape index (κ1) is 9.23. The highest BCUT2D eigenvalue weighted by Crippen LogP contribution is 2.48. The van der Waals surface area contributed by atoms with Crippen molar-refractivity contribution in [2.24, 2.45) is 0 Å². The second-order valence-corrected chi connectivity index (χ2v) is 13.0. The molecule has 0 fully saturated rings. The van der Waals surface area contributed by atoms with E-state index in [-0.39, 0.29) is 0 Å². The molecule has 0 spiro atoms. The summed E-state index contributed by atoms with van der Waals surface area (Å²) in [6.07, 6.45) is 0. The van der Waals surface area contributed by atoms with E-state index in [4.69, 9.17) is 22.5 Å². The van der Waals surface area contributed by atoms with Crippen LogP contribution in [0.25, 0.3) is 0 Å². The Kier molecular flexibility index (Phi) is 3.93. The standard InChI is InChI=1S/C4H11Cl2PSi/c1-8(2,3)4-7(5)6/h4H2,1-3H3. The molecule has 0 aliphatic heterocycles. The van der Waals surface area contributed by atoms with E-state index in [0.717, 1.165) is 5.79 Å². The number of hydrogen-bond acceptors (Lipinski definition) is 0. The van der Waals surface area contributed by atoms with Crippen molar-refractivity contribution in [3.63, 3.8) is 0 Å². The van der Waals surface area contributed by atoms with Crippen LogP contribution in [0.4, 0.5) is 0 Å². The number of hydrogen-bond donors (Lipinski definition) is 0. The van der Waals surface area contributed by atoms with Crippen LogP contribution in [0.2, 0.25) is 19.6 Å². The molecule has 0 saturated carbocycles. The molecule has 0 nitrogen and oxygen atoms in total. The van der Waals surface area contributed by atoms with E-state index in [2.05, 4.69) is 19.6 Å². The lowest BCUT2D eigenvalue weighted by Gasteiger charge is -2.14. The highest BCUT2D eigenvalue weighted by atomic mass is 35.9. The van der Waals surface area contributed by atoms with Gasteiger partial charge in [-0.05, 0) is 5.79 Å². The molecule has 8 heavy (non-hydrogen) atoms. The summed E-state index contributed by atoms with van der Waals surface area (Å²) in [6, 6.07) is 0. The largest absolute Gasteiger partial charge is 0.0827 e. The highest BCUT2D eigenvalue weighted by Gasteiger charge is 2.16. The van der Waals surface area contributed by atoms with E-state index in [1.165, 1.54) is 0 Å². The van der Waals surface area contributed by atoms with Crippen molar-refractivity contribution < 1.29 is 0 Å². The van der Waals surface area contributed by atoms with Gasteiger partial charge in [0.05, 0.1) is 14.7 Å². The summed E-state index contributed by atoms with van der Waals surface area (Å²) >= 11 is 11.3. The topological polar surface area (TPSA) is 0 Å². The Balaban J connectivity index is 3.39. The van der Waals surface area contributed by atoms with Crippen LogP contribution in [-0.2, 0) is 0 Å². The summed E-state index contributed by atoms with van der Waals surface area (Å²) in [4.78, 5) is 0. The number of halogens is 2. The summed E-state index contributed by atoms with van der Waals surface area (Å²) in [7, 11) is -0.955. The van der Waals surface area contributed by atoms with Gasteiger partial charge < -0.3 is 0 Å². The van der Waals surface area contributed by atoms with Gasteiger partial charge in [-0.1, -0.05) is 42.1 Å². The molecule has 0 unspecified atom stereocenters. The third-order valence-corrected chi connectivity index (χ3v) is 7.50. The van der Waals surface area contributed by atoms with Gasteiger partial charge in [-0.25, -0.2) is 0 Å². The molecule has 0 radical (unpaired) electrons. The zero-order chi connectivity index (χ0) is 6.78. The quantitative estimate of drug-likeness (QED) is 0.459. The fourth-order valence-electron chi connectivity index (χ4n) is 0.359. The minimum Gasteiger partial charge on any atom is -0.0784 e. The molecule has 0 N–H and O–H groups in total. The molecule has 0 aliphatic carbocycles. The van der Waals surface area contributed by atoms with Crippen LogP contribution in [0.3, 0.4) is 0 Å². The van der Waals surface area contributed by atoms with Crippen LogP contribution >= 0.6 is 29.1 Å². The van der Waals surface area contributed by atoms with Crippen molar-refractivity contribution in [2.45, 2.75) is 19.6 Å². The van der Waals surface area contributed by atoms with Crippen molar-refractivity contribution in [3.05, 3.63) is 0 Å². The summed E-state index contributed by atoms with van der Waals surface area (Å²) in [6.45, 7) is 6.13. The first-order valence-corrected chi connectivity index (χ1v) is 9.55. The van der Waals surface area contributed by atoms with Crippen molar-refractivity contribution in [2.75, 3.05) is 5.79 Å². The lowest BCUT2D eigenvalue weighted by Crippen LogP contribution is -2.23. The monoisotopic (exact) mass is 188 g/mol. The molecule has 0 atom stereocenters. The molecular formula is C4H11Cl2PSi. The third-order valence-electron chi connectivity index (χ3n) is 0.594. The molecule has 0 amide bonds.